The molecule has 210 valence electrons. The number of nitrogens with zero attached hydrogens (tertiary/aromatic N) is 2. The number of hydrogen-bond acceptors (Lipinski definition) is 10. The van der Waals surface area contributed by atoms with Gasteiger partial charge in [0, 0.05) is 55.0 Å². The van der Waals surface area contributed by atoms with Gasteiger partial charge in [0.1, 0.15) is 0 Å². The largest absolute Gasteiger partial charge is 0.465 e. The van der Waals surface area contributed by atoms with Crippen LogP contribution in [-0.4, -0.2) is 73.3 Å². The molecule has 0 bridgehead atoms. The summed E-state index contributed by atoms with van der Waals surface area (Å²) in [5.41, 5.74) is -0.115. The van der Waals surface area contributed by atoms with Gasteiger partial charge in [-0.25, -0.2) is 9.59 Å². The molecule has 38 heavy (non-hydrogen) atoms. The summed E-state index contributed by atoms with van der Waals surface area (Å²) in [5.74, 6) is -1.86. The molecule has 1 rings (SSSR count). The minimum absolute atomic E-state index is 0.0881. The topological polar surface area (TPSA) is 121 Å². The average Bonchev–Trinajstić information content (AvgIpc) is 2.90. The third-order valence-electron chi connectivity index (χ3n) is 5.21. The highest BCUT2D eigenvalue weighted by molar-refractivity contribution is 5.81. The van der Waals surface area contributed by atoms with Crippen molar-refractivity contribution < 1.29 is 38.1 Å². The molecule has 0 spiro atoms. The van der Waals surface area contributed by atoms with Gasteiger partial charge in [-0.3, -0.25) is 19.5 Å². The zero-order chi connectivity index (χ0) is 28.6. The van der Waals surface area contributed by atoms with Crippen molar-refractivity contribution in [3.8, 4) is 0 Å². The van der Waals surface area contributed by atoms with Gasteiger partial charge in [-0.2, -0.15) is 0 Å². The molecule has 0 saturated heterocycles. The Bertz CT molecular complexity index is 887. The van der Waals surface area contributed by atoms with Crippen molar-refractivity contribution in [3.05, 3.63) is 55.4 Å². The molecule has 10 nitrogen and oxygen atoms in total. The van der Waals surface area contributed by atoms with Gasteiger partial charge in [-0.05, 0) is 17.7 Å². The highest BCUT2D eigenvalue weighted by Gasteiger charge is 2.24. The van der Waals surface area contributed by atoms with Crippen LogP contribution in [-0.2, 0) is 44.7 Å². The van der Waals surface area contributed by atoms with Crippen molar-refractivity contribution in [3.63, 3.8) is 0 Å². The van der Waals surface area contributed by atoms with Crippen molar-refractivity contribution in [2.45, 2.75) is 47.1 Å². The SMILES string of the molecule is C=CC(=O)OCC(C)(C)COC(=O)CCN(CCC(=O)OCC(C)(C)COC(=O)C=C)Cc1ccncc1. The molecule has 10 heteroatoms. The third-order valence-corrected chi connectivity index (χ3v) is 5.21. The van der Waals surface area contributed by atoms with Crippen molar-refractivity contribution in [1.29, 1.82) is 0 Å². The average molecular weight is 533 g/mol. The van der Waals surface area contributed by atoms with Crippen LogP contribution < -0.4 is 0 Å². The Labute approximate surface area is 225 Å². The zero-order valence-electron chi connectivity index (χ0n) is 22.9. The van der Waals surface area contributed by atoms with E-state index in [2.05, 4.69) is 18.1 Å². The molecule has 0 saturated carbocycles. The second-order valence-corrected chi connectivity index (χ2v) is 10.4. The van der Waals surface area contributed by atoms with Crippen LogP contribution in [0.1, 0.15) is 46.1 Å². The summed E-state index contributed by atoms with van der Waals surface area (Å²) in [4.78, 5) is 53.4. The van der Waals surface area contributed by atoms with E-state index in [9.17, 15) is 19.2 Å². The standard InChI is InChI=1S/C28H40N2O8/c1-7-23(31)35-18-27(3,4)20-37-25(33)11-15-30(17-22-9-13-29-14-10-22)16-12-26(34)38-21-28(5,6)19-36-24(32)8-2/h7-10,13-14H,1-2,11-12,15-21H2,3-6H3. The molecule has 0 unspecified atom stereocenters. The predicted molar refractivity (Wildman–Crippen MR) is 141 cm³/mol. The number of carbonyl (C=O) groups is 4. The third kappa shape index (κ3) is 14.9. The Morgan fingerprint density at radius 3 is 1.55 bits per heavy atom. The summed E-state index contributed by atoms with van der Waals surface area (Å²) in [6.07, 6.45) is 5.75. The lowest BCUT2D eigenvalue weighted by atomic mass is 9.96. The quantitative estimate of drug-likeness (QED) is 0.158. The summed E-state index contributed by atoms with van der Waals surface area (Å²) in [6, 6.07) is 3.73. The summed E-state index contributed by atoms with van der Waals surface area (Å²) in [6.45, 7) is 15.6. The van der Waals surface area contributed by atoms with Crippen LogP contribution in [0, 0.1) is 10.8 Å². The highest BCUT2D eigenvalue weighted by Crippen LogP contribution is 2.18. The van der Waals surface area contributed by atoms with E-state index in [1.54, 1.807) is 12.4 Å². The molecule has 0 N–H and O–H groups in total. The van der Waals surface area contributed by atoms with Crippen molar-refractivity contribution in [1.82, 2.24) is 9.88 Å². The van der Waals surface area contributed by atoms with Crippen LogP contribution in [0.15, 0.2) is 49.8 Å². The molecule has 0 aromatic carbocycles. The van der Waals surface area contributed by atoms with E-state index in [0.29, 0.717) is 19.6 Å². The molecule has 0 atom stereocenters. The van der Waals surface area contributed by atoms with E-state index >= 15 is 0 Å². The van der Waals surface area contributed by atoms with E-state index in [0.717, 1.165) is 17.7 Å². The van der Waals surface area contributed by atoms with E-state index in [4.69, 9.17) is 18.9 Å². The molecule has 0 aliphatic rings. The van der Waals surface area contributed by atoms with Crippen molar-refractivity contribution in [2.75, 3.05) is 39.5 Å². The van der Waals surface area contributed by atoms with Crippen LogP contribution in [0.3, 0.4) is 0 Å². The molecule has 0 aliphatic carbocycles. The normalized spacial score (nSPS) is 11.4. The summed E-state index contributed by atoms with van der Waals surface area (Å²) in [7, 11) is 0. The number of esters is 4. The Morgan fingerprint density at radius 1 is 0.763 bits per heavy atom. The molecule has 0 radical (unpaired) electrons. The van der Waals surface area contributed by atoms with Crippen LogP contribution in [0.2, 0.25) is 0 Å². The Hall–Kier alpha value is -3.53. The fourth-order valence-electron chi connectivity index (χ4n) is 2.95. The maximum atomic E-state index is 12.4. The van der Waals surface area contributed by atoms with Gasteiger partial charge in [-0.1, -0.05) is 40.9 Å². The minimum atomic E-state index is -0.549. The molecule has 0 aliphatic heterocycles. The van der Waals surface area contributed by atoms with E-state index in [-0.39, 0.29) is 39.3 Å². The van der Waals surface area contributed by atoms with Crippen molar-refractivity contribution >= 4 is 23.9 Å². The van der Waals surface area contributed by atoms with Gasteiger partial charge in [0.05, 0.1) is 39.3 Å². The molecule has 0 amide bonds. The lowest BCUT2D eigenvalue weighted by Crippen LogP contribution is -2.32. The van der Waals surface area contributed by atoms with Gasteiger partial charge in [0.15, 0.2) is 0 Å². The van der Waals surface area contributed by atoms with Gasteiger partial charge in [-0.15, -0.1) is 0 Å². The number of carbonyl (C=O) groups excluding carboxylic acids is 4. The van der Waals surface area contributed by atoms with Crippen LogP contribution in [0.4, 0.5) is 0 Å². The fourth-order valence-corrected chi connectivity index (χ4v) is 2.95. The number of ether oxygens (including phenoxy) is 4. The lowest BCUT2D eigenvalue weighted by Gasteiger charge is -2.25. The monoisotopic (exact) mass is 532 g/mol. The summed E-state index contributed by atoms with van der Waals surface area (Å²) < 4.78 is 20.9. The second-order valence-electron chi connectivity index (χ2n) is 10.4. The highest BCUT2D eigenvalue weighted by atomic mass is 16.6. The molecule has 1 heterocycles. The molecule has 1 aromatic rings. The maximum absolute atomic E-state index is 12.4. The van der Waals surface area contributed by atoms with Crippen molar-refractivity contribution in [2.24, 2.45) is 10.8 Å². The zero-order valence-corrected chi connectivity index (χ0v) is 22.9. The number of pyridine rings is 1. The Morgan fingerprint density at radius 2 is 1.16 bits per heavy atom. The first kappa shape index (κ1) is 32.5. The first-order valence-electron chi connectivity index (χ1n) is 12.4. The molecular formula is C28H40N2O8. The maximum Gasteiger partial charge on any atom is 0.330 e. The molecular weight excluding hydrogens is 492 g/mol. The number of aromatic nitrogens is 1. The van der Waals surface area contributed by atoms with Crippen LogP contribution >= 0.6 is 0 Å². The van der Waals surface area contributed by atoms with Gasteiger partial charge >= 0.3 is 23.9 Å². The first-order valence-corrected chi connectivity index (χ1v) is 12.4. The summed E-state index contributed by atoms with van der Waals surface area (Å²) >= 11 is 0. The fraction of sp³-hybridized carbons (Fsp3) is 0.536. The minimum Gasteiger partial charge on any atom is -0.465 e. The van der Waals surface area contributed by atoms with E-state index in [1.165, 1.54) is 0 Å². The van der Waals surface area contributed by atoms with Gasteiger partial charge < -0.3 is 18.9 Å². The smallest absolute Gasteiger partial charge is 0.330 e. The number of rotatable bonds is 18. The lowest BCUT2D eigenvalue weighted by molar-refractivity contribution is -0.151. The van der Waals surface area contributed by atoms with E-state index < -0.39 is 34.7 Å². The Balaban J connectivity index is 2.58. The van der Waals surface area contributed by atoms with E-state index in [1.807, 2.05) is 44.7 Å². The van der Waals surface area contributed by atoms with Gasteiger partial charge in [0.25, 0.3) is 0 Å². The Kier molecular flexibility index (Phi) is 14.0. The molecule has 1 aromatic heterocycles. The van der Waals surface area contributed by atoms with Crippen LogP contribution in [0.25, 0.3) is 0 Å². The molecule has 0 fully saturated rings. The predicted octanol–water partition coefficient (Wildman–Crippen LogP) is 3.26. The van der Waals surface area contributed by atoms with Crippen LogP contribution in [0.5, 0.6) is 0 Å². The first-order chi connectivity index (χ1) is 17.9. The second kappa shape index (κ2) is 16.3. The number of hydrogen-bond donors (Lipinski definition) is 0. The van der Waals surface area contributed by atoms with Gasteiger partial charge in [0.2, 0.25) is 0 Å². The summed E-state index contributed by atoms with van der Waals surface area (Å²) in [5, 5.41) is 0.